The number of hydrogen-bond acceptors (Lipinski definition) is 6. The Hall–Kier alpha value is -4.79. The molecule has 4 amide bonds. The highest BCUT2D eigenvalue weighted by Crippen LogP contribution is 2.23. The van der Waals surface area contributed by atoms with Gasteiger partial charge in [-0.2, -0.15) is 0 Å². The number of nitro groups is 1. The summed E-state index contributed by atoms with van der Waals surface area (Å²) >= 11 is 0. The molecule has 1 aliphatic rings. The predicted octanol–water partition coefficient (Wildman–Crippen LogP) is 4.15. The van der Waals surface area contributed by atoms with Crippen molar-refractivity contribution in [2.24, 2.45) is 0 Å². The van der Waals surface area contributed by atoms with Gasteiger partial charge in [-0.15, -0.1) is 0 Å². The Morgan fingerprint density at radius 3 is 2.21 bits per heavy atom. The van der Waals surface area contributed by atoms with E-state index in [9.17, 15) is 24.5 Å². The van der Waals surface area contributed by atoms with Gasteiger partial charge in [0.1, 0.15) is 17.9 Å². The SMILES string of the molecule is Cc1ccc(N2C(=O)NC(=O)/C(=C\c3ccc(OCc4ccc([N+](=O)[O-])cc4)cc3)C2=O)cc1. The number of carbonyl (C=O) groups is 3. The number of aryl methyl sites for hydroxylation is 1. The average Bonchev–Trinajstić information content (AvgIpc) is 2.82. The molecule has 3 aromatic carbocycles. The van der Waals surface area contributed by atoms with Gasteiger partial charge in [0.2, 0.25) is 0 Å². The van der Waals surface area contributed by atoms with Crippen molar-refractivity contribution in [1.29, 1.82) is 0 Å². The normalized spacial score (nSPS) is 14.8. The maximum absolute atomic E-state index is 12.9. The number of urea groups is 1. The number of ether oxygens (including phenoxy) is 1. The second kappa shape index (κ2) is 9.37. The van der Waals surface area contributed by atoms with E-state index in [-0.39, 0.29) is 17.9 Å². The number of nitro benzene ring substituents is 1. The van der Waals surface area contributed by atoms with Crippen LogP contribution < -0.4 is 15.0 Å². The molecular formula is C25H19N3O6. The van der Waals surface area contributed by atoms with E-state index in [1.54, 1.807) is 60.7 Å². The Balaban J connectivity index is 1.47. The molecule has 0 unspecified atom stereocenters. The van der Waals surface area contributed by atoms with E-state index in [0.29, 0.717) is 17.0 Å². The number of hydrogen-bond donors (Lipinski definition) is 1. The van der Waals surface area contributed by atoms with Crippen molar-refractivity contribution < 1.29 is 24.0 Å². The summed E-state index contributed by atoms with van der Waals surface area (Å²) in [5.41, 5.74) is 2.50. The fraction of sp³-hybridized carbons (Fsp3) is 0.0800. The Kier molecular flexibility index (Phi) is 6.18. The molecule has 1 aliphatic heterocycles. The smallest absolute Gasteiger partial charge is 0.335 e. The first-order valence-corrected chi connectivity index (χ1v) is 10.3. The summed E-state index contributed by atoms with van der Waals surface area (Å²) in [6.07, 6.45) is 1.41. The molecule has 0 atom stereocenters. The van der Waals surface area contributed by atoms with E-state index < -0.39 is 22.8 Å². The summed E-state index contributed by atoms with van der Waals surface area (Å²) in [4.78, 5) is 48.7. The van der Waals surface area contributed by atoms with Crippen LogP contribution in [0.1, 0.15) is 16.7 Å². The standard InChI is InChI=1S/C25H19N3O6/c1-16-2-8-19(9-3-16)27-24(30)22(23(29)26-25(27)31)14-17-6-12-21(13-7-17)34-15-18-4-10-20(11-5-18)28(32)33/h2-14H,15H2,1H3,(H,26,29,31)/b22-14+. The molecule has 0 bridgehead atoms. The second-order valence-corrected chi connectivity index (χ2v) is 7.57. The van der Waals surface area contributed by atoms with Crippen LogP contribution in [0.25, 0.3) is 6.08 Å². The largest absolute Gasteiger partial charge is 0.489 e. The number of non-ortho nitro benzene ring substituents is 1. The zero-order chi connectivity index (χ0) is 24.2. The lowest BCUT2D eigenvalue weighted by atomic mass is 10.1. The first-order chi connectivity index (χ1) is 16.3. The predicted molar refractivity (Wildman–Crippen MR) is 124 cm³/mol. The van der Waals surface area contributed by atoms with E-state index in [4.69, 9.17) is 4.74 Å². The summed E-state index contributed by atoms with van der Waals surface area (Å²) in [6, 6.07) is 18.7. The van der Waals surface area contributed by atoms with Gasteiger partial charge in [0, 0.05) is 12.1 Å². The van der Waals surface area contributed by atoms with Crippen LogP contribution in [0, 0.1) is 17.0 Å². The second-order valence-electron chi connectivity index (χ2n) is 7.57. The number of nitrogens with zero attached hydrogens (tertiary/aromatic N) is 2. The molecule has 1 N–H and O–H groups in total. The highest BCUT2D eigenvalue weighted by molar-refractivity contribution is 6.39. The molecule has 0 saturated carbocycles. The number of amides is 4. The van der Waals surface area contributed by atoms with E-state index in [1.807, 2.05) is 6.92 Å². The van der Waals surface area contributed by atoms with Crippen molar-refractivity contribution in [2.75, 3.05) is 4.90 Å². The molecule has 9 nitrogen and oxygen atoms in total. The lowest BCUT2D eigenvalue weighted by Gasteiger charge is -2.26. The third-order valence-electron chi connectivity index (χ3n) is 5.14. The summed E-state index contributed by atoms with van der Waals surface area (Å²) in [5.74, 6) is -0.940. The number of rotatable bonds is 6. The van der Waals surface area contributed by atoms with Crippen LogP contribution in [0.4, 0.5) is 16.2 Å². The fourth-order valence-corrected chi connectivity index (χ4v) is 3.29. The van der Waals surface area contributed by atoms with E-state index >= 15 is 0 Å². The van der Waals surface area contributed by atoms with Gasteiger partial charge in [-0.1, -0.05) is 29.8 Å². The Morgan fingerprint density at radius 1 is 0.941 bits per heavy atom. The molecule has 0 spiro atoms. The molecule has 34 heavy (non-hydrogen) atoms. The van der Waals surface area contributed by atoms with Gasteiger partial charge in [0.25, 0.3) is 17.5 Å². The molecule has 4 rings (SSSR count). The first-order valence-electron chi connectivity index (χ1n) is 10.3. The van der Waals surface area contributed by atoms with Crippen LogP contribution in [0.3, 0.4) is 0 Å². The molecule has 1 heterocycles. The van der Waals surface area contributed by atoms with Crippen molar-refractivity contribution in [1.82, 2.24) is 5.32 Å². The van der Waals surface area contributed by atoms with Crippen molar-refractivity contribution in [3.8, 4) is 5.75 Å². The molecule has 0 aromatic heterocycles. The van der Waals surface area contributed by atoms with Gasteiger partial charge in [-0.3, -0.25) is 25.0 Å². The molecule has 1 fully saturated rings. The Morgan fingerprint density at radius 2 is 1.59 bits per heavy atom. The molecule has 0 aliphatic carbocycles. The maximum Gasteiger partial charge on any atom is 0.335 e. The number of nitrogens with one attached hydrogen (secondary N) is 1. The number of carbonyl (C=O) groups excluding carboxylic acids is 3. The van der Waals surface area contributed by atoms with E-state index in [2.05, 4.69) is 5.32 Å². The average molecular weight is 457 g/mol. The van der Waals surface area contributed by atoms with Gasteiger partial charge in [-0.25, -0.2) is 9.69 Å². The van der Waals surface area contributed by atoms with Crippen LogP contribution in [0.2, 0.25) is 0 Å². The quantitative estimate of drug-likeness (QED) is 0.257. The van der Waals surface area contributed by atoms with Crippen LogP contribution >= 0.6 is 0 Å². The first kappa shape index (κ1) is 22.4. The number of barbiturate groups is 1. The number of imide groups is 2. The zero-order valence-corrected chi connectivity index (χ0v) is 18.1. The molecule has 1 saturated heterocycles. The summed E-state index contributed by atoms with van der Waals surface area (Å²) in [5, 5.41) is 12.9. The van der Waals surface area contributed by atoms with E-state index in [1.165, 1.54) is 18.2 Å². The zero-order valence-electron chi connectivity index (χ0n) is 18.1. The topological polar surface area (TPSA) is 119 Å². The van der Waals surface area contributed by atoms with Gasteiger partial charge in [0.05, 0.1) is 10.6 Å². The summed E-state index contributed by atoms with van der Waals surface area (Å²) in [7, 11) is 0. The number of benzene rings is 3. The highest BCUT2D eigenvalue weighted by Gasteiger charge is 2.36. The molecule has 0 radical (unpaired) electrons. The van der Waals surface area contributed by atoms with Crippen LogP contribution in [0.15, 0.2) is 78.4 Å². The maximum atomic E-state index is 12.9. The van der Waals surface area contributed by atoms with Crippen LogP contribution in [-0.4, -0.2) is 22.8 Å². The van der Waals surface area contributed by atoms with Crippen molar-refractivity contribution >= 4 is 35.3 Å². The minimum Gasteiger partial charge on any atom is -0.489 e. The summed E-state index contributed by atoms with van der Waals surface area (Å²) in [6.45, 7) is 2.10. The van der Waals surface area contributed by atoms with Crippen molar-refractivity contribution in [3.63, 3.8) is 0 Å². The van der Waals surface area contributed by atoms with Crippen molar-refractivity contribution in [2.45, 2.75) is 13.5 Å². The third-order valence-corrected chi connectivity index (χ3v) is 5.14. The fourth-order valence-electron chi connectivity index (χ4n) is 3.29. The van der Waals surface area contributed by atoms with Gasteiger partial charge < -0.3 is 4.74 Å². The van der Waals surface area contributed by atoms with Gasteiger partial charge >= 0.3 is 6.03 Å². The lowest BCUT2D eigenvalue weighted by molar-refractivity contribution is -0.384. The van der Waals surface area contributed by atoms with Gasteiger partial charge in [0.15, 0.2) is 0 Å². The molecule has 9 heteroatoms. The molecular weight excluding hydrogens is 438 g/mol. The van der Waals surface area contributed by atoms with Crippen LogP contribution in [0.5, 0.6) is 5.75 Å². The van der Waals surface area contributed by atoms with Crippen LogP contribution in [-0.2, 0) is 16.2 Å². The highest BCUT2D eigenvalue weighted by atomic mass is 16.6. The minimum absolute atomic E-state index is 0.00470. The van der Waals surface area contributed by atoms with E-state index in [0.717, 1.165) is 16.0 Å². The summed E-state index contributed by atoms with van der Waals surface area (Å²) < 4.78 is 5.69. The Bertz CT molecular complexity index is 1300. The third kappa shape index (κ3) is 4.83. The minimum atomic E-state index is -0.800. The lowest BCUT2D eigenvalue weighted by Crippen LogP contribution is -2.54. The number of anilines is 1. The monoisotopic (exact) mass is 457 g/mol. The molecule has 3 aromatic rings. The van der Waals surface area contributed by atoms with Gasteiger partial charge in [-0.05, 0) is 60.5 Å². The Labute approximate surface area is 194 Å². The van der Waals surface area contributed by atoms with Crippen molar-refractivity contribution in [3.05, 3.63) is 105 Å². The molecule has 170 valence electrons.